The third-order valence-corrected chi connectivity index (χ3v) is 3.66. The van der Waals surface area contributed by atoms with Gasteiger partial charge in [-0.3, -0.25) is 0 Å². The van der Waals surface area contributed by atoms with Crippen molar-refractivity contribution in [2.75, 3.05) is 13.7 Å². The van der Waals surface area contributed by atoms with Crippen molar-refractivity contribution in [2.24, 2.45) is 5.41 Å². The molecule has 104 valence electrons. The molecule has 0 amide bonds. The summed E-state index contributed by atoms with van der Waals surface area (Å²) in [5, 5.41) is 0. The second kappa shape index (κ2) is 5.93. The largest absolute Gasteiger partial charge is 0.385 e. The Morgan fingerprint density at radius 1 is 1.32 bits per heavy atom. The number of hydrogen-bond donors (Lipinski definition) is 0. The maximum atomic E-state index is 6.03. The van der Waals surface area contributed by atoms with E-state index in [1.165, 1.54) is 0 Å². The fourth-order valence-electron chi connectivity index (χ4n) is 2.29. The number of alkyl halides is 1. The number of rotatable bonds is 6. The summed E-state index contributed by atoms with van der Waals surface area (Å²) in [7, 11) is 1.74. The predicted molar refractivity (Wildman–Crippen MR) is 79.6 cm³/mol. The van der Waals surface area contributed by atoms with E-state index in [-0.39, 0.29) is 5.41 Å². The van der Waals surface area contributed by atoms with Crippen LogP contribution in [0.3, 0.4) is 0 Å². The average molecular weight is 281 g/mol. The number of imidazole rings is 1. The number of hydrogen-bond acceptors (Lipinski definition) is 2. The second-order valence-corrected chi connectivity index (χ2v) is 5.91. The Morgan fingerprint density at radius 3 is 2.74 bits per heavy atom. The molecular weight excluding hydrogens is 260 g/mol. The Morgan fingerprint density at radius 2 is 2.05 bits per heavy atom. The van der Waals surface area contributed by atoms with Crippen LogP contribution in [-0.2, 0) is 17.2 Å². The summed E-state index contributed by atoms with van der Waals surface area (Å²) in [5.41, 5.74) is 2.32. The molecule has 4 heteroatoms. The molecule has 1 heterocycles. The first-order valence-electron chi connectivity index (χ1n) is 6.56. The Kier molecular flexibility index (Phi) is 4.48. The van der Waals surface area contributed by atoms with Gasteiger partial charge in [-0.1, -0.05) is 26.0 Å². The van der Waals surface area contributed by atoms with Gasteiger partial charge < -0.3 is 9.30 Å². The highest BCUT2D eigenvalue weighted by atomic mass is 35.5. The van der Waals surface area contributed by atoms with E-state index in [9.17, 15) is 0 Å². The van der Waals surface area contributed by atoms with Crippen LogP contribution in [0.15, 0.2) is 24.3 Å². The molecule has 0 unspecified atom stereocenters. The summed E-state index contributed by atoms with van der Waals surface area (Å²) < 4.78 is 7.42. The van der Waals surface area contributed by atoms with Crippen molar-refractivity contribution in [2.45, 2.75) is 32.7 Å². The molecule has 0 saturated heterocycles. The lowest BCUT2D eigenvalue weighted by molar-refractivity contribution is 0.143. The molecule has 19 heavy (non-hydrogen) atoms. The molecule has 1 aromatic carbocycles. The smallest absolute Gasteiger partial charge is 0.124 e. The average Bonchev–Trinajstić information content (AvgIpc) is 2.74. The Bertz CT molecular complexity index is 548. The zero-order valence-electron chi connectivity index (χ0n) is 11.8. The van der Waals surface area contributed by atoms with Gasteiger partial charge in [-0.15, -0.1) is 11.6 Å². The van der Waals surface area contributed by atoms with Crippen molar-refractivity contribution in [3.05, 3.63) is 30.1 Å². The minimum absolute atomic E-state index is 0.153. The molecule has 0 atom stereocenters. The zero-order chi connectivity index (χ0) is 13.9. The lowest BCUT2D eigenvalue weighted by Crippen LogP contribution is -2.22. The number of aromatic nitrogens is 2. The van der Waals surface area contributed by atoms with Gasteiger partial charge in [0.25, 0.3) is 0 Å². The number of nitrogens with zero attached hydrogens (tertiary/aromatic N) is 2. The summed E-state index contributed by atoms with van der Waals surface area (Å²) in [6.07, 6.45) is 1.01. The third kappa shape index (κ3) is 3.28. The van der Waals surface area contributed by atoms with Crippen LogP contribution in [0, 0.1) is 5.41 Å². The third-order valence-electron chi connectivity index (χ3n) is 3.42. The highest BCUT2D eigenvalue weighted by Crippen LogP contribution is 2.27. The highest BCUT2D eigenvalue weighted by molar-refractivity contribution is 6.16. The van der Waals surface area contributed by atoms with E-state index in [0.29, 0.717) is 5.88 Å². The molecule has 0 aliphatic carbocycles. The standard InChI is InChI=1S/C15H21ClN2O/c1-15(2,8-9-19-3)11-18-13-7-5-4-6-12(13)17-14(18)10-16/h4-7H,8-11H2,1-3H3. The second-order valence-electron chi connectivity index (χ2n) is 5.64. The molecule has 0 aliphatic heterocycles. The van der Waals surface area contributed by atoms with Gasteiger partial charge in [-0.05, 0) is 24.0 Å². The van der Waals surface area contributed by atoms with Gasteiger partial charge in [0.15, 0.2) is 0 Å². The van der Waals surface area contributed by atoms with Crippen molar-refractivity contribution in [1.82, 2.24) is 9.55 Å². The number of methoxy groups -OCH3 is 1. The monoisotopic (exact) mass is 280 g/mol. The number of para-hydroxylation sites is 2. The van der Waals surface area contributed by atoms with Gasteiger partial charge in [0.2, 0.25) is 0 Å². The molecular formula is C15H21ClN2O. The van der Waals surface area contributed by atoms with Crippen molar-refractivity contribution in [1.29, 1.82) is 0 Å². The molecule has 0 bridgehead atoms. The summed E-state index contributed by atoms with van der Waals surface area (Å²) in [5.74, 6) is 1.38. The Hall–Kier alpha value is -1.06. The first kappa shape index (κ1) is 14.4. The van der Waals surface area contributed by atoms with Crippen LogP contribution in [0.1, 0.15) is 26.1 Å². The van der Waals surface area contributed by atoms with E-state index < -0.39 is 0 Å². The molecule has 3 nitrogen and oxygen atoms in total. The van der Waals surface area contributed by atoms with Crippen molar-refractivity contribution < 1.29 is 4.74 Å². The summed E-state index contributed by atoms with van der Waals surface area (Å²) in [4.78, 5) is 4.60. The van der Waals surface area contributed by atoms with Crippen LogP contribution >= 0.6 is 11.6 Å². The highest BCUT2D eigenvalue weighted by Gasteiger charge is 2.21. The van der Waals surface area contributed by atoms with Crippen LogP contribution in [0.2, 0.25) is 0 Å². The predicted octanol–water partition coefficient (Wildman–Crippen LogP) is 3.84. The molecule has 0 N–H and O–H groups in total. The lowest BCUT2D eigenvalue weighted by Gasteiger charge is -2.26. The van der Waals surface area contributed by atoms with Gasteiger partial charge in [0, 0.05) is 20.3 Å². The van der Waals surface area contributed by atoms with Crippen LogP contribution < -0.4 is 0 Å². The summed E-state index contributed by atoms with van der Waals surface area (Å²) >= 11 is 6.03. The van der Waals surface area contributed by atoms with Crippen LogP contribution in [0.25, 0.3) is 11.0 Å². The fourth-order valence-corrected chi connectivity index (χ4v) is 2.49. The van der Waals surface area contributed by atoms with Crippen molar-refractivity contribution >= 4 is 22.6 Å². The molecule has 0 radical (unpaired) electrons. The van der Waals surface area contributed by atoms with Crippen molar-refractivity contribution in [3.8, 4) is 0 Å². The normalized spacial score (nSPS) is 12.2. The minimum Gasteiger partial charge on any atom is -0.385 e. The van der Waals surface area contributed by atoms with Crippen LogP contribution in [0.4, 0.5) is 0 Å². The topological polar surface area (TPSA) is 27.1 Å². The summed E-state index contributed by atoms with van der Waals surface area (Å²) in [6.45, 7) is 6.17. The molecule has 1 aromatic heterocycles. The quantitative estimate of drug-likeness (QED) is 0.752. The van der Waals surface area contributed by atoms with E-state index in [1.807, 2.05) is 18.2 Å². The first-order valence-corrected chi connectivity index (χ1v) is 7.10. The molecule has 0 spiro atoms. The minimum atomic E-state index is 0.153. The summed E-state index contributed by atoms with van der Waals surface area (Å²) in [6, 6.07) is 8.18. The molecule has 0 fully saturated rings. The molecule has 2 rings (SSSR count). The maximum absolute atomic E-state index is 6.03. The van der Waals surface area contributed by atoms with Gasteiger partial charge in [0.1, 0.15) is 5.82 Å². The maximum Gasteiger partial charge on any atom is 0.124 e. The van der Waals surface area contributed by atoms with Gasteiger partial charge in [0.05, 0.1) is 16.9 Å². The van der Waals surface area contributed by atoms with Crippen LogP contribution in [-0.4, -0.2) is 23.3 Å². The van der Waals surface area contributed by atoms with E-state index in [0.717, 1.165) is 36.4 Å². The molecule has 2 aromatic rings. The van der Waals surface area contributed by atoms with E-state index in [1.54, 1.807) is 7.11 Å². The van der Waals surface area contributed by atoms with E-state index in [2.05, 4.69) is 29.5 Å². The number of benzene rings is 1. The first-order chi connectivity index (χ1) is 9.07. The zero-order valence-corrected chi connectivity index (χ0v) is 12.6. The Labute approximate surface area is 119 Å². The van der Waals surface area contributed by atoms with Gasteiger partial charge in [-0.25, -0.2) is 4.98 Å². The van der Waals surface area contributed by atoms with E-state index >= 15 is 0 Å². The lowest BCUT2D eigenvalue weighted by atomic mass is 9.89. The number of ether oxygens (including phenoxy) is 1. The van der Waals surface area contributed by atoms with E-state index in [4.69, 9.17) is 16.3 Å². The van der Waals surface area contributed by atoms with Crippen molar-refractivity contribution in [3.63, 3.8) is 0 Å². The number of halogens is 1. The van der Waals surface area contributed by atoms with Crippen LogP contribution in [0.5, 0.6) is 0 Å². The number of fused-ring (bicyclic) bond motifs is 1. The SMILES string of the molecule is COCCC(C)(C)Cn1c(CCl)nc2ccccc21. The van der Waals surface area contributed by atoms with Gasteiger partial charge in [-0.2, -0.15) is 0 Å². The van der Waals surface area contributed by atoms with Gasteiger partial charge >= 0.3 is 0 Å². The molecule has 0 saturated carbocycles. The molecule has 0 aliphatic rings. The fraction of sp³-hybridized carbons (Fsp3) is 0.533. The Balaban J connectivity index is 2.33.